The molecule has 1 aliphatic heterocycles. The van der Waals surface area contributed by atoms with E-state index in [2.05, 4.69) is 66.7 Å². The molecule has 200 valence electrons. The smallest absolute Gasteiger partial charge is 0.160 e. The molecule has 0 saturated heterocycles. The van der Waals surface area contributed by atoms with Crippen molar-refractivity contribution in [3.05, 3.63) is 145 Å². The van der Waals surface area contributed by atoms with Crippen LogP contribution in [0.1, 0.15) is 5.56 Å². The summed E-state index contributed by atoms with van der Waals surface area (Å²) in [5, 5.41) is 11.5. The maximum Gasteiger partial charge on any atom is 0.160 e. The number of nitriles is 1. The minimum Gasteiger partial charge on any atom is -0.456 e. The van der Waals surface area contributed by atoms with Crippen molar-refractivity contribution >= 4 is 10.8 Å². The SMILES string of the molecule is N#Cc1ccc(-c2cccc(-c3cc(-c4ccc5c(c4)-c4cccc6cccc(c46)O5)nc(-c4ccccc4)n3)c2)cc1. The summed E-state index contributed by atoms with van der Waals surface area (Å²) in [4.78, 5) is 10.1. The molecule has 0 spiro atoms. The van der Waals surface area contributed by atoms with Crippen LogP contribution in [0.25, 0.3) is 66.9 Å². The highest BCUT2D eigenvalue weighted by molar-refractivity contribution is 6.04. The summed E-state index contributed by atoms with van der Waals surface area (Å²) in [6, 6.07) is 49.1. The third-order valence-corrected chi connectivity index (χ3v) is 7.92. The normalized spacial score (nSPS) is 11.4. The van der Waals surface area contributed by atoms with E-state index < -0.39 is 0 Å². The predicted molar refractivity (Wildman–Crippen MR) is 172 cm³/mol. The second kappa shape index (κ2) is 10.1. The van der Waals surface area contributed by atoms with Gasteiger partial charge in [-0.05, 0) is 70.6 Å². The fourth-order valence-corrected chi connectivity index (χ4v) is 5.78. The second-order valence-electron chi connectivity index (χ2n) is 10.6. The Morgan fingerprint density at radius 3 is 1.95 bits per heavy atom. The number of aromatic nitrogens is 2. The first-order valence-corrected chi connectivity index (χ1v) is 14.1. The fourth-order valence-electron chi connectivity index (χ4n) is 5.78. The third kappa shape index (κ3) is 4.41. The van der Waals surface area contributed by atoms with Crippen LogP contribution in [0.15, 0.2) is 140 Å². The minimum absolute atomic E-state index is 0.642. The summed E-state index contributed by atoms with van der Waals surface area (Å²) >= 11 is 0. The van der Waals surface area contributed by atoms with Gasteiger partial charge in [0.25, 0.3) is 0 Å². The van der Waals surface area contributed by atoms with Crippen LogP contribution < -0.4 is 4.74 Å². The van der Waals surface area contributed by atoms with E-state index >= 15 is 0 Å². The lowest BCUT2D eigenvalue weighted by atomic mass is 9.93. The number of benzene rings is 6. The van der Waals surface area contributed by atoms with Crippen LogP contribution in [0.3, 0.4) is 0 Å². The Bertz CT molecular complexity index is 2210. The first-order valence-electron chi connectivity index (χ1n) is 14.1. The van der Waals surface area contributed by atoms with Gasteiger partial charge in [0.1, 0.15) is 11.5 Å². The molecule has 0 bridgehead atoms. The van der Waals surface area contributed by atoms with Crippen molar-refractivity contribution < 1.29 is 4.74 Å². The maximum absolute atomic E-state index is 9.21. The zero-order chi connectivity index (χ0) is 28.8. The number of ether oxygens (including phenoxy) is 1. The molecule has 7 aromatic rings. The van der Waals surface area contributed by atoms with Crippen LogP contribution in [-0.4, -0.2) is 9.97 Å². The van der Waals surface area contributed by atoms with Crippen LogP contribution in [0, 0.1) is 11.3 Å². The van der Waals surface area contributed by atoms with Crippen LogP contribution >= 0.6 is 0 Å². The Morgan fingerprint density at radius 1 is 0.488 bits per heavy atom. The first-order chi connectivity index (χ1) is 21.2. The van der Waals surface area contributed by atoms with Crippen molar-refractivity contribution in [1.29, 1.82) is 5.26 Å². The molecule has 4 nitrogen and oxygen atoms in total. The average molecular weight is 550 g/mol. The zero-order valence-corrected chi connectivity index (χ0v) is 23.0. The van der Waals surface area contributed by atoms with Crippen molar-refractivity contribution in [2.24, 2.45) is 0 Å². The van der Waals surface area contributed by atoms with E-state index in [-0.39, 0.29) is 0 Å². The topological polar surface area (TPSA) is 58.8 Å². The molecule has 8 rings (SSSR count). The monoisotopic (exact) mass is 549 g/mol. The van der Waals surface area contributed by atoms with Crippen LogP contribution in [0.2, 0.25) is 0 Å². The maximum atomic E-state index is 9.21. The predicted octanol–water partition coefficient (Wildman–Crippen LogP) is 9.94. The summed E-state index contributed by atoms with van der Waals surface area (Å²) in [6.45, 7) is 0. The lowest BCUT2D eigenvalue weighted by Crippen LogP contribution is -1.99. The first kappa shape index (κ1) is 24.7. The molecule has 0 aliphatic carbocycles. The Balaban J connectivity index is 1.28. The summed E-state index contributed by atoms with van der Waals surface area (Å²) in [5.74, 6) is 2.38. The van der Waals surface area contributed by atoms with E-state index in [9.17, 15) is 5.26 Å². The van der Waals surface area contributed by atoms with Gasteiger partial charge in [0.05, 0.1) is 23.0 Å². The van der Waals surface area contributed by atoms with E-state index in [0.717, 1.165) is 72.6 Å². The largest absolute Gasteiger partial charge is 0.456 e. The van der Waals surface area contributed by atoms with E-state index in [1.54, 1.807) is 0 Å². The lowest BCUT2D eigenvalue weighted by molar-refractivity contribution is 0.487. The summed E-state index contributed by atoms with van der Waals surface area (Å²) < 4.78 is 6.35. The zero-order valence-electron chi connectivity index (χ0n) is 23.0. The summed E-state index contributed by atoms with van der Waals surface area (Å²) in [6.07, 6.45) is 0. The van der Waals surface area contributed by atoms with E-state index in [0.29, 0.717) is 11.4 Å². The van der Waals surface area contributed by atoms with Gasteiger partial charge in [0.2, 0.25) is 0 Å². The molecule has 2 heterocycles. The van der Waals surface area contributed by atoms with E-state index in [1.807, 2.05) is 78.9 Å². The van der Waals surface area contributed by atoms with E-state index in [4.69, 9.17) is 14.7 Å². The van der Waals surface area contributed by atoms with Gasteiger partial charge in [-0.3, -0.25) is 0 Å². The molecule has 43 heavy (non-hydrogen) atoms. The fraction of sp³-hybridized carbons (Fsp3) is 0. The molecule has 0 saturated carbocycles. The number of nitrogens with zero attached hydrogens (tertiary/aromatic N) is 3. The summed E-state index contributed by atoms with van der Waals surface area (Å²) in [5.41, 5.74) is 9.54. The van der Waals surface area contributed by atoms with Crippen molar-refractivity contribution in [2.75, 3.05) is 0 Å². The molecule has 4 heteroatoms. The van der Waals surface area contributed by atoms with Gasteiger partial charge < -0.3 is 4.74 Å². The molecule has 0 atom stereocenters. The molecule has 1 aliphatic rings. The number of rotatable bonds is 4. The van der Waals surface area contributed by atoms with Gasteiger partial charge >= 0.3 is 0 Å². The van der Waals surface area contributed by atoms with Gasteiger partial charge in [-0.1, -0.05) is 91.0 Å². The van der Waals surface area contributed by atoms with E-state index in [1.165, 1.54) is 0 Å². The molecular weight excluding hydrogens is 526 g/mol. The molecule has 0 amide bonds. The van der Waals surface area contributed by atoms with Gasteiger partial charge in [0.15, 0.2) is 5.82 Å². The van der Waals surface area contributed by atoms with Gasteiger partial charge in [-0.15, -0.1) is 0 Å². The molecular formula is C39H23N3O. The van der Waals surface area contributed by atoms with Crippen molar-refractivity contribution in [2.45, 2.75) is 0 Å². The molecule has 0 unspecified atom stereocenters. The molecule has 6 aromatic carbocycles. The third-order valence-electron chi connectivity index (χ3n) is 7.92. The van der Waals surface area contributed by atoms with Crippen LogP contribution in [0.5, 0.6) is 11.5 Å². The molecule has 0 fully saturated rings. The van der Waals surface area contributed by atoms with Gasteiger partial charge in [-0.2, -0.15) is 5.26 Å². The highest BCUT2D eigenvalue weighted by Gasteiger charge is 2.21. The number of hydrogen-bond donors (Lipinski definition) is 0. The number of hydrogen-bond acceptors (Lipinski definition) is 4. The minimum atomic E-state index is 0.642. The van der Waals surface area contributed by atoms with Gasteiger partial charge in [-0.25, -0.2) is 9.97 Å². The van der Waals surface area contributed by atoms with Crippen molar-refractivity contribution in [3.63, 3.8) is 0 Å². The van der Waals surface area contributed by atoms with Gasteiger partial charge in [0, 0.05) is 27.6 Å². The van der Waals surface area contributed by atoms with Crippen molar-refractivity contribution in [3.8, 4) is 73.7 Å². The Hall–Kier alpha value is -6.05. The van der Waals surface area contributed by atoms with Crippen molar-refractivity contribution in [1.82, 2.24) is 9.97 Å². The Morgan fingerprint density at radius 2 is 1.16 bits per heavy atom. The quantitative estimate of drug-likeness (QED) is 0.219. The highest BCUT2D eigenvalue weighted by atomic mass is 16.5. The molecule has 0 radical (unpaired) electrons. The Labute approximate surface area is 249 Å². The van der Waals surface area contributed by atoms with Crippen LogP contribution in [0.4, 0.5) is 0 Å². The Kier molecular flexibility index (Phi) is 5.80. The molecule has 0 N–H and O–H groups in total. The number of fused-ring (bicyclic) bond motifs is 2. The lowest BCUT2D eigenvalue weighted by Gasteiger charge is -2.22. The molecule has 1 aromatic heterocycles. The second-order valence-corrected chi connectivity index (χ2v) is 10.6. The summed E-state index contributed by atoms with van der Waals surface area (Å²) in [7, 11) is 0. The standard InChI is InChI=1S/C39H23N3O/c40-24-25-15-17-26(18-16-25)29-11-4-12-30(21-29)34-23-35(42-39(41-34)28-7-2-1-3-8-28)31-19-20-36-33(22-31)32-13-5-9-27-10-6-14-37(43-36)38(27)32/h1-23H. The highest BCUT2D eigenvalue weighted by Crippen LogP contribution is 2.47. The van der Waals surface area contributed by atoms with Crippen LogP contribution in [-0.2, 0) is 0 Å². The average Bonchev–Trinajstić information content (AvgIpc) is 3.09.